The van der Waals surface area contributed by atoms with E-state index in [1.54, 1.807) is 6.08 Å². The lowest BCUT2D eigenvalue weighted by molar-refractivity contribution is 0.357. The molecule has 0 aliphatic carbocycles. The van der Waals surface area contributed by atoms with Crippen molar-refractivity contribution in [1.29, 1.82) is 0 Å². The number of guanidine groups is 1. The number of halogens is 1. The third kappa shape index (κ3) is 9.12. The number of benzene rings is 1. The van der Waals surface area contributed by atoms with Crippen LogP contribution in [0.15, 0.2) is 41.9 Å². The number of aliphatic imine (C=N–C) groups is 1. The van der Waals surface area contributed by atoms with Crippen LogP contribution < -0.4 is 15.4 Å². The van der Waals surface area contributed by atoms with Crippen molar-refractivity contribution in [3.8, 4) is 5.75 Å². The highest BCUT2D eigenvalue weighted by Gasteiger charge is 2.03. The second-order valence-electron chi connectivity index (χ2n) is 5.23. The van der Waals surface area contributed by atoms with Crippen molar-refractivity contribution in [3.63, 3.8) is 0 Å². The van der Waals surface area contributed by atoms with Gasteiger partial charge in [-0.15, -0.1) is 24.0 Å². The lowest BCUT2D eigenvalue weighted by Crippen LogP contribution is -2.40. The van der Waals surface area contributed by atoms with Gasteiger partial charge in [0.25, 0.3) is 0 Å². The summed E-state index contributed by atoms with van der Waals surface area (Å²) in [5, 5.41) is 6.63. The van der Waals surface area contributed by atoms with Crippen molar-refractivity contribution >= 4 is 29.9 Å². The molecular weight excluding hydrogens is 415 g/mol. The van der Waals surface area contributed by atoms with Gasteiger partial charge < -0.3 is 20.3 Å². The van der Waals surface area contributed by atoms with Crippen LogP contribution >= 0.6 is 24.0 Å². The third-order valence-electron chi connectivity index (χ3n) is 3.41. The molecule has 1 rings (SSSR count). The molecule has 0 saturated heterocycles. The highest BCUT2D eigenvalue weighted by atomic mass is 127. The molecule has 2 N–H and O–H groups in total. The van der Waals surface area contributed by atoms with E-state index in [4.69, 9.17) is 4.74 Å². The summed E-state index contributed by atoms with van der Waals surface area (Å²) in [6, 6.07) is 7.97. The summed E-state index contributed by atoms with van der Waals surface area (Å²) in [4.78, 5) is 6.90. The Kier molecular flexibility index (Phi) is 13.3. The fraction of sp³-hybridized carbons (Fsp3) is 0.500. The first-order valence-electron chi connectivity index (χ1n) is 8.23. The Balaban J connectivity index is 0.00000529. The van der Waals surface area contributed by atoms with E-state index in [1.807, 2.05) is 24.3 Å². The number of hydrogen-bond donors (Lipinski definition) is 2. The Morgan fingerprint density at radius 1 is 1.29 bits per heavy atom. The van der Waals surface area contributed by atoms with Gasteiger partial charge in [-0.1, -0.05) is 37.8 Å². The van der Waals surface area contributed by atoms with Crippen LogP contribution in [0.1, 0.15) is 19.4 Å². The predicted molar refractivity (Wildman–Crippen MR) is 114 cm³/mol. The molecule has 1 aromatic carbocycles. The van der Waals surface area contributed by atoms with Gasteiger partial charge in [0, 0.05) is 25.2 Å². The number of nitrogens with one attached hydrogen (secondary N) is 2. The van der Waals surface area contributed by atoms with Gasteiger partial charge >= 0.3 is 0 Å². The van der Waals surface area contributed by atoms with Crippen molar-refractivity contribution in [2.24, 2.45) is 4.99 Å². The Morgan fingerprint density at radius 3 is 2.71 bits per heavy atom. The van der Waals surface area contributed by atoms with Gasteiger partial charge in [0.1, 0.15) is 12.4 Å². The van der Waals surface area contributed by atoms with E-state index in [0.29, 0.717) is 13.2 Å². The summed E-state index contributed by atoms with van der Waals surface area (Å²) in [6.07, 6.45) is 1.75. The zero-order valence-corrected chi connectivity index (χ0v) is 17.4. The smallest absolute Gasteiger partial charge is 0.191 e. The van der Waals surface area contributed by atoms with Gasteiger partial charge in [0.2, 0.25) is 0 Å². The lowest BCUT2D eigenvalue weighted by Gasteiger charge is -2.16. The molecule has 0 heterocycles. The zero-order chi connectivity index (χ0) is 16.9. The van der Waals surface area contributed by atoms with Crippen LogP contribution in [-0.2, 0) is 6.54 Å². The minimum absolute atomic E-state index is 0. The van der Waals surface area contributed by atoms with E-state index >= 15 is 0 Å². The molecule has 0 spiro atoms. The second-order valence-corrected chi connectivity index (χ2v) is 5.23. The van der Waals surface area contributed by atoms with Crippen molar-refractivity contribution in [2.75, 3.05) is 39.8 Å². The minimum atomic E-state index is 0. The van der Waals surface area contributed by atoms with E-state index in [2.05, 4.69) is 48.0 Å². The van der Waals surface area contributed by atoms with Crippen molar-refractivity contribution in [1.82, 2.24) is 15.5 Å². The molecule has 0 aliphatic heterocycles. The number of rotatable bonds is 10. The molecule has 136 valence electrons. The van der Waals surface area contributed by atoms with Crippen LogP contribution in [-0.4, -0.2) is 50.7 Å². The number of hydrogen-bond acceptors (Lipinski definition) is 3. The highest BCUT2D eigenvalue weighted by Crippen LogP contribution is 2.18. The van der Waals surface area contributed by atoms with Crippen LogP contribution in [0.5, 0.6) is 5.75 Å². The predicted octanol–water partition coefficient (Wildman–Crippen LogP) is 2.88. The Morgan fingerprint density at radius 2 is 2.04 bits per heavy atom. The van der Waals surface area contributed by atoms with Crippen molar-refractivity contribution < 1.29 is 4.74 Å². The fourth-order valence-corrected chi connectivity index (χ4v) is 1.95. The van der Waals surface area contributed by atoms with Gasteiger partial charge in [-0.2, -0.15) is 0 Å². The number of nitrogens with zero attached hydrogens (tertiary/aromatic N) is 2. The summed E-state index contributed by atoms with van der Waals surface area (Å²) in [7, 11) is 2.11. The van der Waals surface area contributed by atoms with E-state index < -0.39 is 0 Å². The van der Waals surface area contributed by atoms with Crippen LogP contribution in [0.4, 0.5) is 0 Å². The molecule has 24 heavy (non-hydrogen) atoms. The largest absolute Gasteiger partial charge is 0.489 e. The van der Waals surface area contributed by atoms with Crippen molar-refractivity contribution in [3.05, 3.63) is 42.5 Å². The van der Waals surface area contributed by atoms with Crippen LogP contribution in [0.25, 0.3) is 0 Å². The van der Waals surface area contributed by atoms with Crippen LogP contribution in [0, 0.1) is 0 Å². The molecule has 0 aromatic heterocycles. The minimum Gasteiger partial charge on any atom is -0.489 e. The molecule has 1 aromatic rings. The molecule has 0 bridgehead atoms. The van der Waals surface area contributed by atoms with E-state index in [9.17, 15) is 0 Å². The number of ether oxygens (including phenoxy) is 1. The van der Waals surface area contributed by atoms with Gasteiger partial charge in [-0.3, -0.25) is 0 Å². The molecular formula is C18H31IN4O. The normalized spacial score (nSPS) is 10.9. The molecule has 0 aliphatic rings. The van der Waals surface area contributed by atoms with Crippen LogP contribution in [0.3, 0.4) is 0 Å². The maximum atomic E-state index is 5.67. The monoisotopic (exact) mass is 446 g/mol. The summed E-state index contributed by atoms with van der Waals surface area (Å²) >= 11 is 0. The molecule has 0 unspecified atom stereocenters. The quantitative estimate of drug-likeness (QED) is 0.251. The van der Waals surface area contributed by atoms with Crippen LogP contribution in [0.2, 0.25) is 0 Å². The van der Waals surface area contributed by atoms with E-state index in [0.717, 1.165) is 43.5 Å². The maximum absolute atomic E-state index is 5.67. The molecule has 5 nitrogen and oxygen atoms in total. The Labute approximate surface area is 163 Å². The molecule has 0 atom stereocenters. The SMILES string of the molecule is C=CCOc1ccccc1CN=C(NCC)NCCN(C)CC.I. The van der Waals surface area contributed by atoms with Gasteiger partial charge in [0.15, 0.2) is 5.96 Å². The summed E-state index contributed by atoms with van der Waals surface area (Å²) in [6.45, 7) is 12.7. The van der Waals surface area contributed by atoms with Gasteiger partial charge in [-0.05, 0) is 26.6 Å². The number of likely N-dealkylation sites (N-methyl/N-ethyl adjacent to an activating group) is 1. The molecule has 0 fully saturated rings. The molecule has 6 heteroatoms. The molecule has 0 radical (unpaired) electrons. The maximum Gasteiger partial charge on any atom is 0.191 e. The van der Waals surface area contributed by atoms with Crippen molar-refractivity contribution in [2.45, 2.75) is 20.4 Å². The molecule has 0 saturated carbocycles. The zero-order valence-electron chi connectivity index (χ0n) is 15.0. The first-order valence-corrected chi connectivity index (χ1v) is 8.23. The van der Waals surface area contributed by atoms with E-state index in [1.165, 1.54) is 0 Å². The van der Waals surface area contributed by atoms with Gasteiger partial charge in [-0.25, -0.2) is 4.99 Å². The topological polar surface area (TPSA) is 48.9 Å². The third-order valence-corrected chi connectivity index (χ3v) is 3.41. The fourth-order valence-electron chi connectivity index (χ4n) is 1.95. The first-order chi connectivity index (χ1) is 11.2. The number of para-hydroxylation sites is 1. The summed E-state index contributed by atoms with van der Waals surface area (Å²) in [5.74, 6) is 1.69. The highest BCUT2D eigenvalue weighted by molar-refractivity contribution is 14.0. The lowest BCUT2D eigenvalue weighted by atomic mass is 10.2. The second kappa shape index (κ2) is 14.1. The average Bonchev–Trinajstić information content (AvgIpc) is 2.58. The summed E-state index contributed by atoms with van der Waals surface area (Å²) < 4.78 is 5.67. The standard InChI is InChI=1S/C18H30N4O.HI/c1-5-14-23-17-11-9-8-10-16(17)15-21-18(19-6-2)20-12-13-22(4)7-3;/h5,8-11H,1,6-7,12-15H2,2-4H3,(H2,19,20,21);1H. The van der Waals surface area contributed by atoms with E-state index in [-0.39, 0.29) is 24.0 Å². The first kappa shape index (κ1) is 22.7. The molecule has 0 amide bonds. The Hall–Kier alpha value is -1.28. The summed E-state index contributed by atoms with van der Waals surface area (Å²) in [5.41, 5.74) is 1.07. The average molecular weight is 446 g/mol. The Bertz CT molecular complexity index is 494. The van der Waals surface area contributed by atoms with Gasteiger partial charge in [0.05, 0.1) is 6.54 Å².